The highest BCUT2D eigenvalue weighted by Gasteiger charge is 2.51. The number of rotatable bonds is 18. The van der Waals surface area contributed by atoms with Crippen molar-refractivity contribution in [2.45, 2.75) is 143 Å². The summed E-state index contributed by atoms with van der Waals surface area (Å²) in [6.07, 6.45) is 20.9. The summed E-state index contributed by atoms with van der Waals surface area (Å²) >= 11 is 0. The molecule has 0 aliphatic rings. The molecule has 1 nitrogen and oxygen atoms in total. The summed E-state index contributed by atoms with van der Waals surface area (Å²) in [4.78, 5) is 0. The molecule has 0 fully saturated rings. The van der Waals surface area contributed by atoms with E-state index in [9.17, 15) is 0 Å². The van der Waals surface area contributed by atoms with E-state index < -0.39 is 0 Å². The molecule has 0 aromatic rings. The van der Waals surface area contributed by atoms with Gasteiger partial charge in [-0.2, -0.15) is 0 Å². The van der Waals surface area contributed by atoms with Gasteiger partial charge < -0.3 is 22.3 Å². The number of nitrogens with two attached hydrogens (primary N) is 1. The Bertz CT molecular complexity index is 278. The molecule has 0 aliphatic carbocycles. The first-order chi connectivity index (χ1) is 12.1. The molecule has 0 saturated carbocycles. The van der Waals surface area contributed by atoms with E-state index in [0.29, 0.717) is 11.0 Å². The Hall–Kier alpha value is 0.440. The second kappa shape index (κ2) is 17.5. The van der Waals surface area contributed by atoms with Gasteiger partial charge in [0.1, 0.15) is 5.54 Å². The molecule has 2 heteroatoms. The van der Waals surface area contributed by atoms with Crippen LogP contribution in [0.15, 0.2) is 0 Å². The van der Waals surface area contributed by atoms with Crippen LogP contribution in [0.25, 0.3) is 0 Å². The molecule has 0 saturated heterocycles. The van der Waals surface area contributed by atoms with Crippen LogP contribution in [0.3, 0.4) is 0 Å². The maximum Gasteiger partial charge on any atom is 0.102 e. The summed E-state index contributed by atoms with van der Waals surface area (Å²) in [7, 11) is 0. The number of hydrogen-bond donors (Lipinski definition) is 1. The van der Waals surface area contributed by atoms with Gasteiger partial charge in [0.25, 0.3) is 0 Å². The highest BCUT2D eigenvalue weighted by Crippen LogP contribution is 2.47. The summed E-state index contributed by atoms with van der Waals surface area (Å²) < 4.78 is 0. The Kier molecular flexibility index (Phi) is 19.3. The molecule has 0 spiro atoms. The first kappa shape index (κ1) is 28.6. The van der Waals surface area contributed by atoms with E-state index in [1.165, 1.54) is 103 Å². The Labute approximate surface area is 177 Å². The topological polar surface area (TPSA) is 16.6 Å². The quantitative estimate of drug-likeness (QED) is 0.311. The smallest absolute Gasteiger partial charge is 0.102 e. The third kappa shape index (κ3) is 9.09. The first-order valence-corrected chi connectivity index (χ1v) is 12.0. The highest BCUT2D eigenvalue weighted by molar-refractivity contribution is 4.97. The van der Waals surface area contributed by atoms with E-state index in [0.717, 1.165) is 0 Å². The predicted octanol–water partition coefficient (Wildman–Crippen LogP) is 4.25. The van der Waals surface area contributed by atoms with Crippen LogP contribution in [0.4, 0.5) is 0 Å². The maximum atomic E-state index is 2.84. The average molecular weight is 435 g/mol. The molecule has 0 atom stereocenters. The number of hydrogen-bond acceptors (Lipinski definition) is 0. The molecule has 0 radical (unpaired) electrons. The summed E-state index contributed by atoms with van der Waals surface area (Å²) in [5.41, 5.74) is 1.05. The zero-order chi connectivity index (χ0) is 19.0. The van der Waals surface area contributed by atoms with Crippen LogP contribution in [-0.4, -0.2) is 12.1 Å². The monoisotopic (exact) mass is 433 g/mol. The molecule has 2 N–H and O–H groups in total. The van der Waals surface area contributed by atoms with Crippen molar-refractivity contribution < 1.29 is 22.3 Å². The lowest BCUT2D eigenvalue weighted by atomic mass is 9.58. The molecule has 0 amide bonds. The first-order valence-electron chi connectivity index (χ1n) is 12.0. The zero-order valence-corrected chi connectivity index (χ0v) is 20.9. The Morgan fingerprint density at radius 1 is 0.500 bits per heavy atom. The molecule has 0 rings (SSSR count). The van der Waals surface area contributed by atoms with Gasteiger partial charge in [0, 0.05) is 18.3 Å². The average Bonchev–Trinajstić information content (AvgIpc) is 2.59. The van der Waals surface area contributed by atoms with E-state index in [1.54, 1.807) is 0 Å². The number of unbranched alkanes of at least 4 members (excludes halogenated alkanes) is 4. The Morgan fingerprint density at radius 3 is 1.42 bits per heavy atom. The van der Waals surface area contributed by atoms with Crippen LogP contribution >= 0.6 is 0 Å². The molecule has 0 heterocycles. The van der Waals surface area contributed by atoms with Gasteiger partial charge in [-0.05, 0) is 25.7 Å². The zero-order valence-electron chi connectivity index (χ0n) is 19.3. The van der Waals surface area contributed by atoms with Gasteiger partial charge >= 0.3 is 0 Å². The van der Waals surface area contributed by atoms with Crippen LogP contribution < -0.4 is 22.3 Å². The van der Waals surface area contributed by atoms with Gasteiger partial charge in [-0.1, -0.05) is 99.3 Å². The molecular formula is C24H52BrN. The second-order valence-electron chi connectivity index (χ2n) is 8.59. The summed E-state index contributed by atoms with van der Waals surface area (Å²) in [6, 6.07) is 0. The molecule has 0 aromatic heterocycles. The van der Waals surface area contributed by atoms with Crippen LogP contribution in [-0.2, 0) is 0 Å². The van der Waals surface area contributed by atoms with Crippen molar-refractivity contribution >= 4 is 0 Å². The fraction of sp³-hybridized carbons (Fsp3) is 1.00. The molecule has 0 bridgehead atoms. The van der Waals surface area contributed by atoms with E-state index >= 15 is 0 Å². The largest absolute Gasteiger partial charge is 1.00 e. The SMILES string of the molecule is CCCCCCC(CCC)(CCC)C(CCC)(CCC)[NH2+]CCCC.[Br-]. The summed E-state index contributed by atoms with van der Waals surface area (Å²) in [5.74, 6) is 0. The minimum Gasteiger partial charge on any atom is -1.00 e. The van der Waals surface area contributed by atoms with Crippen molar-refractivity contribution in [3.05, 3.63) is 0 Å². The predicted molar refractivity (Wildman–Crippen MR) is 115 cm³/mol. The Balaban J connectivity index is 0. The lowest BCUT2D eigenvalue weighted by Crippen LogP contribution is -3.00. The van der Waals surface area contributed by atoms with Crippen LogP contribution in [0, 0.1) is 5.41 Å². The van der Waals surface area contributed by atoms with Gasteiger partial charge in [0.05, 0.1) is 6.54 Å². The van der Waals surface area contributed by atoms with E-state index in [1.807, 2.05) is 0 Å². The molecule has 0 aromatic carbocycles. The maximum absolute atomic E-state index is 2.84. The van der Waals surface area contributed by atoms with Gasteiger partial charge in [0.15, 0.2) is 0 Å². The van der Waals surface area contributed by atoms with Gasteiger partial charge in [-0.15, -0.1) is 0 Å². The fourth-order valence-corrected chi connectivity index (χ4v) is 5.52. The lowest BCUT2D eigenvalue weighted by molar-refractivity contribution is -0.746. The van der Waals surface area contributed by atoms with Crippen molar-refractivity contribution in [3.63, 3.8) is 0 Å². The molecular weight excluding hydrogens is 382 g/mol. The van der Waals surface area contributed by atoms with Crippen molar-refractivity contribution in [1.29, 1.82) is 0 Å². The number of quaternary nitrogens is 1. The minimum absolute atomic E-state index is 0. The molecule has 26 heavy (non-hydrogen) atoms. The van der Waals surface area contributed by atoms with Crippen LogP contribution in [0.1, 0.15) is 138 Å². The van der Waals surface area contributed by atoms with Gasteiger partial charge in [-0.3, -0.25) is 0 Å². The normalized spacial score (nSPS) is 12.2. The molecule has 0 unspecified atom stereocenters. The van der Waals surface area contributed by atoms with E-state index in [-0.39, 0.29) is 17.0 Å². The van der Waals surface area contributed by atoms with Gasteiger partial charge in [-0.25, -0.2) is 0 Å². The second-order valence-corrected chi connectivity index (χ2v) is 8.59. The van der Waals surface area contributed by atoms with Crippen molar-refractivity contribution in [3.8, 4) is 0 Å². The van der Waals surface area contributed by atoms with Crippen LogP contribution in [0.2, 0.25) is 0 Å². The summed E-state index contributed by atoms with van der Waals surface area (Å²) in [6.45, 7) is 15.7. The number of halogens is 1. The molecule has 160 valence electrons. The third-order valence-electron chi connectivity index (χ3n) is 6.51. The van der Waals surface area contributed by atoms with Crippen molar-refractivity contribution in [1.82, 2.24) is 0 Å². The third-order valence-corrected chi connectivity index (χ3v) is 6.51. The molecule has 0 aliphatic heterocycles. The fourth-order valence-electron chi connectivity index (χ4n) is 5.52. The van der Waals surface area contributed by atoms with E-state index in [4.69, 9.17) is 0 Å². The van der Waals surface area contributed by atoms with E-state index in [2.05, 4.69) is 46.9 Å². The minimum atomic E-state index is 0. The van der Waals surface area contributed by atoms with Crippen LogP contribution in [0.5, 0.6) is 0 Å². The lowest BCUT2D eigenvalue weighted by Gasteiger charge is -2.50. The van der Waals surface area contributed by atoms with Crippen molar-refractivity contribution in [2.24, 2.45) is 5.41 Å². The van der Waals surface area contributed by atoms with Crippen molar-refractivity contribution in [2.75, 3.05) is 6.54 Å². The highest BCUT2D eigenvalue weighted by atomic mass is 79.9. The Morgan fingerprint density at radius 2 is 1.00 bits per heavy atom. The van der Waals surface area contributed by atoms with Gasteiger partial charge in [0.2, 0.25) is 0 Å². The standard InChI is InChI=1S/C24H51N.BrH/c1-7-13-15-16-21-23(17-9-3,18-10-4)24(19-11-5,20-12-6)25-22-14-8-2;/h25H,7-22H2,1-6H3;1H. The summed E-state index contributed by atoms with van der Waals surface area (Å²) in [5, 5.41) is 2.84.